The van der Waals surface area contributed by atoms with Gasteiger partial charge in [0.25, 0.3) is 0 Å². The first-order chi connectivity index (χ1) is 6.31. The van der Waals surface area contributed by atoms with E-state index in [1.54, 1.807) is 0 Å². The van der Waals surface area contributed by atoms with E-state index in [9.17, 15) is 0 Å². The molecule has 0 amide bonds. The van der Waals surface area contributed by atoms with Crippen molar-refractivity contribution in [3.63, 3.8) is 0 Å². The molecule has 1 heterocycles. The molecule has 0 atom stereocenters. The molecule has 0 spiro atoms. The lowest BCUT2D eigenvalue weighted by Gasteiger charge is -2.03. The fourth-order valence-corrected chi connectivity index (χ4v) is 1.88. The van der Waals surface area contributed by atoms with Gasteiger partial charge >= 0.3 is 0 Å². The number of H-pyrrole nitrogens is 1. The van der Waals surface area contributed by atoms with E-state index in [2.05, 4.69) is 37.0 Å². The molecule has 1 aromatic carbocycles. The van der Waals surface area contributed by atoms with Crippen molar-refractivity contribution in [2.75, 3.05) is 0 Å². The minimum Gasteiger partial charge on any atom is -0.361 e. The Morgan fingerprint density at radius 1 is 1.31 bits per heavy atom. The van der Waals surface area contributed by atoms with Gasteiger partial charge < -0.3 is 4.98 Å². The van der Waals surface area contributed by atoms with Crippen molar-refractivity contribution in [3.8, 4) is 0 Å². The lowest BCUT2D eigenvalue weighted by molar-refractivity contribution is 0.928. The Balaban J connectivity index is 2.63. The second kappa shape index (κ2) is 3.25. The van der Waals surface area contributed by atoms with Crippen LogP contribution in [0.1, 0.15) is 24.5 Å². The summed E-state index contributed by atoms with van der Waals surface area (Å²) in [5.74, 6) is 0. The number of fused-ring (bicyclic) bond motifs is 1. The predicted octanol–water partition coefficient (Wildman–Crippen LogP) is 3.43. The third-order valence-corrected chi connectivity index (χ3v) is 2.42. The van der Waals surface area contributed by atoms with Crippen LogP contribution >= 0.6 is 0 Å². The van der Waals surface area contributed by atoms with Gasteiger partial charge in [-0.25, -0.2) is 0 Å². The standard InChI is InChI=1S/C12H15N/c1-3-4-10-7-9(2)8-12-11(10)5-6-13-12/h5-8,13H,3-4H2,1-2H3. The van der Waals surface area contributed by atoms with Crippen LogP contribution in [0.3, 0.4) is 0 Å². The zero-order chi connectivity index (χ0) is 9.26. The van der Waals surface area contributed by atoms with Gasteiger partial charge in [-0.1, -0.05) is 19.4 Å². The molecule has 1 N–H and O–H groups in total. The molecule has 0 aliphatic carbocycles. The molecule has 1 aromatic heterocycles. The zero-order valence-electron chi connectivity index (χ0n) is 8.22. The van der Waals surface area contributed by atoms with E-state index < -0.39 is 0 Å². The minimum atomic E-state index is 1.18. The third kappa shape index (κ3) is 1.46. The fourth-order valence-electron chi connectivity index (χ4n) is 1.88. The van der Waals surface area contributed by atoms with Gasteiger partial charge in [-0.05, 0) is 36.6 Å². The van der Waals surface area contributed by atoms with Crippen LogP contribution in [-0.2, 0) is 6.42 Å². The molecular formula is C12H15N. The van der Waals surface area contributed by atoms with E-state index in [0.717, 1.165) is 0 Å². The maximum absolute atomic E-state index is 3.26. The van der Waals surface area contributed by atoms with Crippen molar-refractivity contribution < 1.29 is 0 Å². The summed E-state index contributed by atoms with van der Waals surface area (Å²) in [7, 11) is 0. The van der Waals surface area contributed by atoms with Crippen molar-refractivity contribution in [1.29, 1.82) is 0 Å². The fraction of sp³-hybridized carbons (Fsp3) is 0.333. The Morgan fingerprint density at radius 3 is 2.92 bits per heavy atom. The summed E-state index contributed by atoms with van der Waals surface area (Å²) >= 11 is 0. The average Bonchev–Trinajstić information content (AvgIpc) is 2.52. The molecule has 68 valence electrons. The molecule has 0 fully saturated rings. The largest absolute Gasteiger partial charge is 0.361 e. The molecule has 2 rings (SSSR count). The van der Waals surface area contributed by atoms with Gasteiger partial charge in [0.15, 0.2) is 0 Å². The van der Waals surface area contributed by atoms with Crippen LogP contribution < -0.4 is 0 Å². The zero-order valence-corrected chi connectivity index (χ0v) is 8.22. The van der Waals surface area contributed by atoms with Crippen LogP contribution in [0.5, 0.6) is 0 Å². The van der Waals surface area contributed by atoms with E-state index in [1.807, 2.05) is 6.20 Å². The monoisotopic (exact) mass is 173 g/mol. The lowest BCUT2D eigenvalue weighted by Crippen LogP contribution is -1.86. The number of nitrogens with one attached hydrogen (secondary N) is 1. The molecule has 13 heavy (non-hydrogen) atoms. The van der Waals surface area contributed by atoms with Crippen LogP contribution in [0.25, 0.3) is 10.9 Å². The highest BCUT2D eigenvalue weighted by atomic mass is 14.7. The summed E-state index contributed by atoms with van der Waals surface area (Å²) in [6, 6.07) is 6.66. The Hall–Kier alpha value is -1.24. The molecule has 0 aliphatic heterocycles. The number of aromatic nitrogens is 1. The Labute approximate surface area is 78.8 Å². The molecule has 0 saturated carbocycles. The van der Waals surface area contributed by atoms with Gasteiger partial charge in [0.1, 0.15) is 0 Å². The second-order valence-electron chi connectivity index (χ2n) is 3.61. The molecule has 2 aromatic rings. The summed E-state index contributed by atoms with van der Waals surface area (Å²) in [6.45, 7) is 4.38. The average molecular weight is 173 g/mol. The summed E-state index contributed by atoms with van der Waals surface area (Å²) < 4.78 is 0. The van der Waals surface area contributed by atoms with Crippen molar-refractivity contribution in [1.82, 2.24) is 4.98 Å². The van der Waals surface area contributed by atoms with Crippen LogP contribution in [0.2, 0.25) is 0 Å². The number of hydrogen-bond acceptors (Lipinski definition) is 0. The highest BCUT2D eigenvalue weighted by molar-refractivity contribution is 5.83. The van der Waals surface area contributed by atoms with Crippen LogP contribution in [0.15, 0.2) is 24.4 Å². The van der Waals surface area contributed by atoms with Crippen molar-refractivity contribution in [3.05, 3.63) is 35.5 Å². The second-order valence-corrected chi connectivity index (χ2v) is 3.61. The first-order valence-electron chi connectivity index (χ1n) is 4.88. The van der Waals surface area contributed by atoms with Crippen molar-refractivity contribution >= 4 is 10.9 Å². The molecule has 0 unspecified atom stereocenters. The van der Waals surface area contributed by atoms with Gasteiger partial charge in [0.2, 0.25) is 0 Å². The topological polar surface area (TPSA) is 15.8 Å². The molecular weight excluding hydrogens is 158 g/mol. The van der Waals surface area contributed by atoms with Gasteiger partial charge in [0.05, 0.1) is 0 Å². The van der Waals surface area contributed by atoms with Gasteiger partial charge in [-0.15, -0.1) is 0 Å². The maximum atomic E-state index is 3.26. The number of aromatic amines is 1. The summed E-state index contributed by atoms with van der Waals surface area (Å²) in [6.07, 6.45) is 4.41. The molecule has 0 radical (unpaired) electrons. The third-order valence-electron chi connectivity index (χ3n) is 2.42. The van der Waals surface area contributed by atoms with Crippen molar-refractivity contribution in [2.45, 2.75) is 26.7 Å². The molecule has 0 bridgehead atoms. The smallest absolute Gasteiger partial charge is 0.0459 e. The number of hydrogen-bond donors (Lipinski definition) is 1. The Bertz CT molecular complexity index is 412. The molecule has 1 heteroatoms. The van der Waals surface area contributed by atoms with E-state index in [-0.39, 0.29) is 0 Å². The normalized spacial score (nSPS) is 10.9. The van der Waals surface area contributed by atoms with Crippen LogP contribution in [0.4, 0.5) is 0 Å². The van der Waals surface area contributed by atoms with Crippen LogP contribution in [-0.4, -0.2) is 4.98 Å². The van der Waals surface area contributed by atoms with E-state index >= 15 is 0 Å². The van der Waals surface area contributed by atoms with E-state index in [0.29, 0.717) is 0 Å². The Kier molecular flexibility index (Phi) is 2.09. The first-order valence-corrected chi connectivity index (χ1v) is 4.88. The molecule has 0 aliphatic rings. The lowest BCUT2D eigenvalue weighted by atomic mass is 10.0. The Morgan fingerprint density at radius 2 is 2.15 bits per heavy atom. The molecule has 0 saturated heterocycles. The maximum Gasteiger partial charge on any atom is 0.0459 e. The first kappa shape index (κ1) is 8.36. The predicted molar refractivity (Wildman–Crippen MR) is 57.0 cm³/mol. The minimum absolute atomic E-state index is 1.18. The van der Waals surface area contributed by atoms with Crippen molar-refractivity contribution in [2.24, 2.45) is 0 Å². The number of aryl methyl sites for hydroxylation is 2. The SMILES string of the molecule is CCCc1cc(C)cc2[nH]ccc12. The number of rotatable bonds is 2. The van der Waals surface area contributed by atoms with E-state index in [4.69, 9.17) is 0 Å². The quantitative estimate of drug-likeness (QED) is 0.716. The van der Waals surface area contributed by atoms with E-state index in [1.165, 1.54) is 34.9 Å². The highest BCUT2D eigenvalue weighted by Gasteiger charge is 2.01. The van der Waals surface area contributed by atoms with Crippen LogP contribution in [0, 0.1) is 6.92 Å². The van der Waals surface area contributed by atoms with Gasteiger partial charge in [-0.3, -0.25) is 0 Å². The highest BCUT2D eigenvalue weighted by Crippen LogP contribution is 2.20. The van der Waals surface area contributed by atoms with Gasteiger partial charge in [-0.2, -0.15) is 0 Å². The van der Waals surface area contributed by atoms with Gasteiger partial charge in [0, 0.05) is 17.1 Å². The summed E-state index contributed by atoms with van der Waals surface area (Å²) in [5, 5.41) is 1.38. The molecule has 1 nitrogen and oxygen atoms in total. The number of benzene rings is 1. The summed E-state index contributed by atoms with van der Waals surface area (Å²) in [5.41, 5.74) is 4.08. The summed E-state index contributed by atoms with van der Waals surface area (Å²) in [4.78, 5) is 3.26.